The molecule has 112 valence electrons. The van der Waals surface area contributed by atoms with E-state index >= 15 is 0 Å². The van der Waals surface area contributed by atoms with E-state index in [-0.39, 0.29) is 0 Å². The minimum atomic E-state index is 0.509. The number of nitrogens with two attached hydrogens (primary N) is 1. The van der Waals surface area contributed by atoms with Crippen LogP contribution in [0.15, 0.2) is 46.9 Å². The van der Waals surface area contributed by atoms with Crippen LogP contribution in [0.5, 0.6) is 11.5 Å². The molecule has 21 heavy (non-hydrogen) atoms. The molecule has 3 nitrogen and oxygen atoms in total. The lowest BCUT2D eigenvalue weighted by Gasteiger charge is -2.15. The molecule has 0 heterocycles. The Labute approximate surface area is 134 Å². The number of para-hydroxylation sites is 1. The van der Waals surface area contributed by atoms with Crippen LogP contribution in [0, 0.1) is 6.92 Å². The number of aryl methyl sites for hydroxylation is 1. The topological polar surface area (TPSA) is 44.5 Å². The summed E-state index contributed by atoms with van der Waals surface area (Å²) in [5.74, 6) is 1.77. The summed E-state index contributed by atoms with van der Waals surface area (Å²) in [7, 11) is 0. The van der Waals surface area contributed by atoms with Crippen molar-refractivity contribution in [2.75, 3.05) is 19.8 Å². The maximum Gasteiger partial charge on any atom is 0.125 e. The smallest absolute Gasteiger partial charge is 0.125 e. The molecule has 0 spiro atoms. The highest BCUT2D eigenvalue weighted by Gasteiger charge is 2.08. The molecule has 0 fully saturated rings. The summed E-state index contributed by atoms with van der Waals surface area (Å²) in [4.78, 5) is 0. The molecule has 2 rings (SSSR count). The van der Waals surface area contributed by atoms with Crippen molar-refractivity contribution in [3.05, 3.63) is 58.1 Å². The highest BCUT2D eigenvalue weighted by molar-refractivity contribution is 9.10. The monoisotopic (exact) mass is 349 g/mol. The molecule has 2 aromatic rings. The molecule has 0 unspecified atom stereocenters. The van der Waals surface area contributed by atoms with Gasteiger partial charge in [0.2, 0.25) is 0 Å². The van der Waals surface area contributed by atoms with Crippen molar-refractivity contribution in [2.45, 2.75) is 13.3 Å². The SMILES string of the molecule is Cc1cc(Br)cc(CCN)c1OCCOc1ccccc1. The maximum absolute atomic E-state index is 5.90. The molecule has 0 aliphatic rings. The van der Waals surface area contributed by atoms with E-state index in [0.717, 1.165) is 33.5 Å². The van der Waals surface area contributed by atoms with Crippen LogP contribution in [-0.2, 0) is 6.42 Å². The second-order valence-electron chi connectivity index (χ2n) is 4.76. The highest BCUT2D eigenvalue weighted by Crippen LogP contribution is 2.28. The quantitative estimate of drug-likeness (QED) is 0.774. The summed E-state index contributed by atoms with van der Waals surface area (Å²) in [5, 5.41) is 0. The molecule has 0 bridgehead atoms. The van der Waals surface area contributed by atoms with E-state index in [1.165, 1.54) is 0 Å². The normalized spacial score (nSPS) is 10.4. The average Bonchev–Trinajstić information content (AvgIpc) is 2.47. The number of hydrogen-bond donors (Lipinski definition) is 1. The molecular weight excluding hydrogens is 330 g/mol. The fourth-order valence-corrected chi connectivity index (χ4v) is 2.79. The summed E-state index contributed by atoms with van der Waals surface area (Å²) in [5.41, 5.74) is 7.90. The second-order valence-corrected chi connectivity index (χ2v) is 5.68. The fraction of sp³-hybridized carbons (Fsp3) is 0.294. The minimum absolute atomic E-state index is 0.509. The highest BCUT2D eigenvalue weighted by atomic mass is 79.9. The van der Waals surface area contributed by atoms with Crippen molar-refractivity contribution < 1.29 is 9.47 Å². The van der Waals surface area contributed by atoms with Gasteiger partial charge in [0.15, 0.2) is 0 Å². The van der Waals surface area contributed by atoms with Gasteiger partial charge in [0.1, 0.15) is 24.7 Å². The zero-order valence-corrected chi connectivity index (χ0v) is 13.7. The zero-order chi connectivity index (χ0) is 15.1. The van der Waals surface area contributed by atoms with E-state index in [0.29, 0.717) is 19.8 Å². The van der Waals surface area contributed by atoms with Crippen LogP contribution in [0.2, 0.25) is 0 Å². The summed E-state index contributed by atoms with van der Waals surface area (Å²) in [6.07, 6.45) is 0.801. The third-order valence-electron chi connectivity index (χ3n) is 3.07. The van der Waals surface area contributed by atoms with Crippen LogP contribution >= 0.6 is 15.9 Å². The molecule has 2 aromatic carbocycles. The van der Waals surface area contributed by atoms with Gasteiger partial charge in [-0.2, -0.15) is 0 Å². The number of benzene rings is 2. The number of hydrogen-bond acceptors (Lipinski definition) is 3. The molecule has 0 amide bonds. The van der Waals surface area contributed by atoms with Gasteiger partial charge in [0, 0.05) is 4.47 Å². The first-order valence-electron chi connectivity index (χ1n) is 7.00. The summed E-state index contributed by atoms with van der Waals surface area (Å²) >= 11 is 3.51. The van der Waals surface area contributed by atoms with E-state index in [9.17, 15) is 0 Å². The lowest BCUT2D eigenvalue weighted by Crippen LogP contribution is -2.12. The standard InChI is InChI=1S/C17H20BrNO2/c1-13-11-15(18)12-14(7-8-19)17(13)21-10-9-20-16-5-3-2-4-6-16/h2-6,11-12H,7-10,19H2,1H3. The zero-order valence-electron chi connectivity index (χ0n) is 12.1. The first-order valence-corrected chi connectivity index (χ1v) is 7.79. The van der Waals surface area contributed by atoms with Crippen molar-refractivity contribution in [3.63, 3.8) is 0 Å². The Bertz CT molecular complexity index is 573. The molecular formula is C17H20BrNO2. The van der Waals surface area contributed by atoms with E-state index in [1.54, 1.807) is 0 Å². The van der Waals surface area contributed by atoms with Gasteiger partial charge < -0.3 is 15.2 Å². The Morgan fingerprint density at radius 3 is 2.48 bits per heavy atom. The van der Waals surface area contributed by atoms with Gasteiger partial charge in [-0.15, -0.1) is 0 Å². The van der Waals surface area contributed by atoms with Crippen LogP contribution in [0.25, 0.3) is 0 Å². The molecule has 0 saturated heterocycles. The van der Waals surface area contributed by atoms with E-state index in [1.807, 2.05) is 43.3 Å². The summed E-state index contributed by atoms with van der Waals surface area (Å²) < 4.78 is 12.6. The van der Waals surface area contributed by atoms with Gasteiger partial charge in [-0.25, -0.2) is 0 Å². The van der Waals surface area contributed by atoms with Crippen LogP contribution in [0.1, 0.15) is 11.1 Å². The van der Waals surface area contributed by atoms with Gasteiger partial charge in [0.05, 0.1) is 0 Å². The Morgan fingerprint density at radius 2 is 1.76 bits per heavy atom. The predicted octanol–water partition coefficient (Wildman–Crippen LogP) is 3.72. The van der Waals surface area contributed by atoms with Gasteiger partial charge in [-0.05, 0) is 55.3 Å². The van der Waals surface area contributed by atoms with Crippen molar-refractivity contribution in [2.24, 2.45) is 5.73 Å². The van der Waals surface area contributed by atoms with Crippen LogP contribution in [0.4, 0.5) is 0 Å². The summed E-state index contributed by atoms with van der Waals surface area (Å²) in [6.45, 7) is 3.67. The van der Waals surface area contributed by atoms with Crippen molar-refractivity contribution in [1.29, 1.82) is 0 Å². The molecule has 0 radical (unpaired) electrons. The van der Waals surface area contributed by atoms with Crippen LogP contribution in [0.3, 0.4) is 0 Å². The Morgan fingerprint density at radius 1 is 1.05 bits per heavy atom. The number of rotatable bonds is 7. The maximum atomic E-state index is 5.90. The van der Waals surface area contributed by atoms with E-state index < -0.39 is 0 Å². The first-order chi connectivity index (χ1) is 10.2. The van der Waals surface area contributed by atoms with Gasteiger partial charge in [0.25, 0.3) is 0 Å². The molecule has 0 aromatic heterocycles. The summed E-state index contributed by atoms with van der Waals surface area (Å²) in [6, 6.07) is 13.9. The van der Waals surface area contributed by atoms with Gasteiger partial charge >= 0.3 is 0 Å². The van der Waals surface area contributed by atoms with E-state index in [4.69, 9.17) is 15.2 Å². The molecule has 4 heteroatoms. The Kier molecular flexibility index (Phi) is 6.08. The number of ether oxygens (including phenoxy) is 2. The Balaban J connectivity index is 1.93. The van der Waals surface area contributed by atoms with Crippen molar-refractivity contribution in [3.8, 4) is 11.5 Å². The average molecular weight is 350 g/mol. The van der Waals surface area contributed by atoms with Crippen molar-refractivity contribution in [1.82, 2.24) is 0 Å². The second kappa shape index (κ2) is 8.05. The van der Waals surface area contributed by atoms with Crippen LogP contribution in [-0.4, -0.2) is 19.8 Å². The molecule has 0 aliphatic heterocycles. The van der Waals surface area contributed by atoms with E-state index in [2.05, 4.69) is 22.0 Å². The number of halogens is 1. The van der Waals surface area contributed by atoms with Crippen LogP contribution < -0.4 is 15.2 Å². The lowest BCUT2D eigenvalue weighted by atomic mass is 10.1. The van der Waals surface area contributed by atoms with Crippen molar-refractivity contribution >= 4 is 15.9 Å². The third kappa shape index (κ3) is 4.76. The first kappa shape index (κ1) is 15.9. The van der Waals surface area contributed by atoms with Gasteiger partial charge in [-0.1, -0.05) is 34.1 Å². The fourth-order valence-electron chi connectivity index (χ4n) is 2.17. The largest absolute Gasteiger partial charge is 0.490 e. The molecule has 0 aliphatic carbocycles. The van der Waals surface area contributed by atoms with Gasteiger partial charge in [-0.3, -0.25) is 0 Å². The molecule has 2 N–H and O–H groups in total. The lowest BCUT2D eigenvalue weighted by molar-refractivity contribution is 0.215. The third-order valence-corrected chi connectivity index (χ3v) is 3.53. The minimum Gasteiger partial charge on any atom is -0.490 e. The predicted molar refractivity (Wildman–Crippen MR) is 89.1 cm³/mol. The molecule has 0 saturated carbocycles. The Hall–Kier alpha value is -1.52. The molecule has 0 atom stereocenters.